The Morgan fingerprint density at radius 2 is 2.22 bits per heavy atom. The Bertz CT molecular complexity index is 1040. The van der Waals surface area contributed by atoms with E-state index in [1.54, 1.807) is 6.33 Å². The van der Waals surface area contributed by atoms with Gasteiger partial charge in [-0.2, -0.15) is 0 Å². The van der Waals surface area contributed by atoms with Gasteiger partial charge in [-0.25, -0.2) is 19.7 Å². The zero-order chi connectivity index (χ0) is 22.7. The Hall–Kier alpha value is -2.86. The van der Waals surface area contributed by atoms with Crippen molar-refractivity contribution in [1.29, 1.82) is 0 Å². The van der Waals surface area contributed by atoms with Crippen LogP contribution in [-0.2, 0) is 11.3 Å². The number of nitrogens with zero attached hydrogens (tertiary/aromatic N) is 4. The molecule has 2 aromatic rings. The second-order valence-electron chi connectivity index (χ2n) is 9.01. The van der Waals surface area contributed by atoms with E-state index in [0.717, 1.165) is 25.7 Å². The highest BCUT2D eigenvalue weighted by atomic mass is 16.6. The lowest BCUT2D eigenvalue weighted by Crippen LogP contribution is -2.32. The second-order valence-corrected chi connectivity index (χ2v) is 9.01. The van der Waals surface area contributed by atoms with Crippen molar-refractivity contribution in [2.45, 2.75) is 83.6 Å². The van der Waals surface area contributed by atoms with Crippen LogP contribution >= 0.6 is 0 Å². The lowest BCUT2D eigenvalue weighted by molar-refractivity contribution is 0.0410. The summed E-state index contributed by atoms with van der Waals surface area (Å²) in [5.41, 5.74) is 0.289. The van der Waals surface area contributed by atoms with E-state index in [4.69, 9.17) is 4.74 Å². The van der Waals surface area contributed by atoms with Gasteiger partial charge in [-0.15, -0.1) is 0 Å². The van der Waals surface area contributed by atoms with Gasteiger partial charge in [0.2, 0.25) is 5.82 Å². The number of alkyl carbamates (subject to hydrolysis) is 1. The monoisotopic (exact) mass is 440 g/mol. The molecule has 3 N–H and O–H groups in total. The van der Waals surface area contributed by atoms with Gasteiger partial charge in [0, 0.05) is 6.04 Å². The second kappa shape index (κ2) is 9.33. The molecule has 1 saturated carbocycles. The smallest absolute Gasteiger partial charge is 0.407 e. The minimum atomic E-state index is -0.997. The van der Waals surface area contributed by atoms with Gasteiger partial charge < -0.3 is 25.0 Å². The number of hydrogen-bond acceptors (Lipinski definition) is 7. The molecule has 0 bridgehead atoms. The van der Waals surface area contributed by atoms with Gasteiger partial charge in [-0.3, -0.25) is 0 Å². The average molecular weight is 441 g/mol. The molecule has 2 fully saturated rings. The van der Waals surface area contributed by atoms with E-state index in [9.17, 15) is 9.90 Å². The molecule has 1 amide bonds. The van der Waals surface area contributed by atoms with Gasteiger partial charge >= 0.3 is 6.09 Å². The molecule has 1 aliphatic heterocycles. The summed E-state index contributed by atoms with van der Waals surface area (Å²) < 4.78 is 7.14. The van der Waals surface area contributed by atoms with E-state index in [0.29, 0.717) is 54.7 Å². The predicted molar refractivity (Wildman–Crippen MR) is 121 cm³/mol. The predicted octanol–water partition coefficient (Wildman–Crippen LogP) is 2.83. The third-order valence-electron chi connectivity index (χ3n) is 6.32. The minimum Gasteiger partial charge on any atom is -0.442 e. The highest BCUT2D eigenvalue weighted by Crippen LogP contribution is 2.31. The number of carbonyl (C=O) groups is 1. The van der Waals surface area contributed by atoms with Crippen molar-refractivity contribution in [3.63, 3.8) is 0 Å². The van der Waals surface area contributed by atoms with Crippen LogP contribution in [0.15, 0.2) is 6.33 Å². The number of aliphatic hydroxyl groups is 1. The first kappa shape index (κ1) is 22.3. The summed E-state index contributed by atoms with van der Waals surface area (Å²) in [5.74, 6) is 7.52. The standard InChI is InChI=1S/C23H32N6O3/c1-4-16(5-2)26-20-19-21(29(14-25-19)13-17-12-24-22(30)32-17)28-18(27-20)8-10-23(31)9-6-7-15(3)11-23/h14-17,31H,4-7,9,11-13H2,1-3H3,(H,24,30)(H,26,27,28)/t15-,17?,23-/m1/s1. The number of imidazole rings is 1. The Morgan fingerprint density at radius 3 is 2.91 bits per heavy atom. The maximum atomic E-state index is 11.4. The normalized spacial score (nSPS) is 25.3. The van der Waals surface area contributed by atoms with E-state index in [2.05, 4.69) is 58.2 Å². The lowest BCUT2D eigenvalue weighted by atomic mass is 9.79. The van der Waals surface area contributed by atoms with Crippen molar-refractivity contribution in [2.75, 3.05) is 11.9 Å². The van der Waals surface area contributed by atoms with Crippen molar-refractivity contribution in [3.05, 3.63) is 12.2 Å². The van der Waals surface area contributed by atoms with Crippen molar-refractivity contribution in [3.8, 4) is 11.8 Å². The summed E-state index contributed by atoms with van der Waals surface area (Å²) >= 11 is 0. The fraction of sp³-hybridized carbons (Fsp3) is 0.652. The molecule has 2 aliphatic rings. The number of fused-ring (bicyclic) bond motifs is 1. The summed E-state index contributed by atoms with van der Waals surface area (Å²) in [5, 5.41) is 17.1. The number of rotatable bonds is 6. The molecule has 1 saturated heterocycles. The number of hydrogen-bond donors (Lipinski definition) is 3. The lowest BCUT2D eigenvalue weighted by Gasteiger charge is -2.30. The third kappa shape index (κ3) is 4.96. The third-order valence-corrected chi connectivity index (χ3v) is 6.32. The molecule has 1 aliphatic carbocycles. The first-order chi connectivity index (χ1) is 15.4. The maximum absolute atomic E-state index is 11.4. The Balaban J connectivity index is 1.69. The molecule has 3 atom stereocenters. The average Bonchev–Trinajstić information content (AvgIpc) is 3.36. The van der Waals surface area contributed by atoms with Gasteiger partial charge in [0.05, 0.1) is 19.4 Å². The molecule has 0 spiro atoms. The van der Waals surface area contributed by atoms with Gasteiger partial charge in [0.15, 0.2) is 17.0 Å². The van der Waals surface area contributed by atoms with Crippen LogP contribution < -0.4 is 10.6 Å². The SMILES string of the molecule is CCC(CC)Nc1nc(C#C[C@]2(O)CCC[C@@H](C)C2)nc2c1ncn2CC1CNC(=O)O1. The molecule has 9 heteroatoms. The molecule has 32 heavy (non-hydrogen) atoms. The molecular weight excluding hydrogens is 408 g/mol. The zero-order valence-electron chi connectivity index (χ0n) is 19.0. The Kier molecular flexibility index (Phi) is 6.51. The number of cyclic esters (lactones) is 1. The summed E-state index contributed by atoms with van der Waals surface area (Å²) in [7, 11) is 0. The van der Waals surface area contributed by atoms with Gasteiger partial charge in [-0.1, -0.05) is 33.1 Å². The zero-order valence-corrected chi connectivity index (χ0v) is 19.0. The molecule has 0 radical (unpaired) electrons. The van der Waals surface area contributed by atoms with E-state index >= 15 is 0 Å². The highest BCUT2D eigenvalue weighted by Gasteiger charge is 2.31. The number of anilines is 1. The van der Waals surface area contributed by atoms with E-state index in [-0.39, 0.29) is 12.1 Å². The molecule has 3 heterocycles. The molecular formula is C23H32N6O3. The fourth-order valence-corrected chi connectivity index (χ4v) is 4.48. The van der Waals surface area contributed by atoms with Crippen molar-refractivity contribution in [1.82, 2.24) is 24.8 Å². The summed E-state index contributed by atoms with van der Waals surface area (Å²) in [4.78, 5) is 25.2. The van der Waals surface area contributed by atoms with Crippen LogP contribution in [0, 0.1) is 17.8 Å². The molecule has 1 unspecified atom stereocenters. The molecule has 2 aromatic heterocycles. The molecule has 4 rings (SSSR count). The number of carbonyl (C=O) groups excluding carboxylic acids is 1. The van der Waals surface area contributed by atoms with E-state index < -0.39 is 11.7 Å². The van der Waals surface area contributed by atoms with Crippen molar-refractivity contribution in [2.24, 2.45) is 5.92 Å². The largest absolute Gasteiger partial charge is 0.442 e. The quantitative estimate of drug-likeness (QED) is 0.592. The number of nitrogens with one attached hydrogen (secondary N) is 2. The van der Waals surface area contributed by atoms with Crippen molar-refractivity contribution >= 4 is 23.1 Å². The van der Waals surface area contributed by atoms with Crippen LogP contribution in [0.4, 0.5) is 10.6 Å². The van der Waals surface area contributed by atoms with Crippen molar-refractivity contribution < 1.29 is 14.6 Å². The number of amides is 1. The first-order valence-electron chi connectivity index (χ1n) is 11.6. The van der Waals surface area contributed by atoms with Crippen LogP contribution in [0.5, 0.6) is 0 Å². The molecule has 172 valence electrons. The van der Waals surface area contributed by atoms with Gasteiger partial charge in [0.1, 0.15) is 11.7 Å². The maximum Gasteiger partial charge on any atom is 0.407 e. The van der Waals surface area contributed by atoms with Gasteiger partial charge in [0.25, 0.3) is 0 Å². The molecule has 0 aromatic carbocycles. The summed E-state index contributed by atoms with van der Waals surface area (Å²) in [6.45, 7) is 7.28. The summed E-state index contributed by atoms with van der Waals surface area (Å²) in [6.07, 6.45) is 6.32. The topological polar surface area (TPSA) is 114 Å². The number of aromatic nitrogens is 4. The Morgan fingerprint density at radius 1 is 1.41 bits per heavy atom. The number of ether oxygens (including phenoxy) is 1. The van der Waals surface area contributed by atoms with Crippen LogP contribution in [-0.4, -0.2) is 55.0 Å². The summed E-state index contributed by atoms with van der Waals surface area (Å²) in [6, 6.07) is 0.252. The highest BCUT2D eigenvalue weighted by molar-refractivity contribution is 5.83. The van der Waals surface area contributed by atoms with E-state index in [1.807, 2.05) is 4.57 Å². The van der Waals surface area contributed by atoms with Crippen LogP contribution in [0.2, 0.25) is 0 Å². The van der Waals surface area contributed by atoms with Crippen LogP contribution in [0.25, 0.3) is 11.2 Å². The van der Waals surface area contributed by atoms with Gasteiger partial charge in [-0.05, 0) is 43.9 Å². The minimum absolute atomic E-state index is 0.252. The molecule has 9 nitrogen and oxygen atoms in total. The first-order valence-corrected chi connectivity index (χ1v) is 11.6. The van der Waals surface area contributed by atoms with Crippen LogP contribution in [0.1, 0.15) is 65.1 Å². The Labute approximate surface area is 188 Å². The van der Waals surface area contributed by atoms with E-state index in [1.165, 1.54) is 0 Å². The fourth-order valence-electron chi connectivity index (χ4n) is 4.48. The van der Waals surface area contributed by atoms with Crippen LogP contribution in [0.3, 0.4) is 0 Å².